The Labute approximate surface area is 111 Å². The highest BCUT2D eigenvalue weighted by atomic mass is 35.5. The van der Waals surface area contributed by atoms with Crippen molar-refractivity contribution < 1.29 is 9.53 Å². The fourth-order valence-corrected chi connectivity index (χ4v) is 2.39. The molecule has 92 valence electrons. The highest BCUT2D eigenvalue weighted by molar-refractivity contribution is 7.81. The van der Waals surface area contributed by atoms with E-state index in [1.807, 2.05) is 13.0 Å². The van der Waals surface area contributed by atoms with Gasteiger partial charge < -0.3 is 9.64 Å². The Kier molecular flexibility index (Phi) is 3.84. The maximum Gasteiger partial charge on any atom is 0.228 e. The zero-order chi connectivity index (χ0) is 12.4. The molecule has 1 fully saturated rings. The molecule has 1 aliphatic heterocycles. The van der Waals surface area contributed by atoms with E-state index >= 15 is 0 Å². The van der Waals surface area contributed by atoms with E-state index in [1.165, 1.54) is 0 Å². The lowest BCUT2D eigenvalue weighted by atomic mass is 10.2. The number of thiol groups is 1. The Bertz CT molecular complexity index is 439. The summed E-state index contributed by atoms with van der Waals surface area (Å²) in [5.74, 6) is 0.726. The quantitative estimate of drug-likeness (QED) is 0.857. The van der Waals surface area contributed by atoms with Crippen molar-refractivity contribution in [3.05, 3.63) is 23.2 Å². The Morgan fingerprint density at radius 1 is 1.59 bits per heavy atom. The topological polar surface area (TPSA) is 29.5 Å². The summed E-state index contributed by atoms with van der Waals surface area (Å²) in [5.41, 5.74) is 0.776. The van der Waals surface area contributed by atoms with Crippen molar-refractivity contribution in [3.8, 4) is 5.75 Å². The van der Waals surface area contributed by atoms with E-state index in [0.717, 1.165) is 5.69 Å². The number of anilines is 1. The molecule has 0 saturated carbocycles. The van der Waals surface area contributed by atoms with Crippen LogP contribution in [-0.2, 0) is 4.79 Å². The van der Waals surface area contributed by atoms with Crippen LogP contribution in [0.2, 0.25) is 5.02 Å². The van der Waals surface area contributed by atoms with Gasteiger partial charge in [0.15, 0.2) is 0 Å². The number of ether oxygens (including phenoxy) is 1. The van der Waals surface area contributed by atoms with Crippen LogP contribution >= 0.6 is 24.2 Å². The largest absolute Gasteiger partial charge is 0.492 e. The van der Waals surface area contributed by atoms with E-state index in [9.17, 15) is 4.79 Å². The first-order chi connectivity index (χ1) is 8.11. The molecule has 1 atom stereocenters. The molecular formula is C12H14ClNO2S. The van der Waals surface area contributed by atoms with E-state index < -0.39 is 0 Å². The van der Waals surface area contributed by atoms with Crippen LogP contribution < -0.4 is 9.64 Å². The van der Waals surface area contributed by atoms with Crippen LogP contribution in [0.3, 0.4) is 0 Å². The lowest BCUT2D eigenvalue weighted by Crippen LogP contribution is -2.25. The lowest BCUT2D eigenvalue weighted by molar-refractivity contribution is -0.117. The van der Waals surface area contributed by atoms with Crippen LogP contribution in [0, 0.1) is 0 Å². The molecule has 1 saturated heterocycles. The zero-order valence-corrected chi connectivity index (χ0v) is 11.2. The van der Waals surface area contributed by atoms with Crippen LogP contribution in [-0.4, -0.2) is 24.3 Å². The van der Waals surface area contributed by atoms with Gasteiger partial charge in [-0.2, -0.15) is 12.6 Å². The molecule has 0 aliphatic carbocycles. The molecule has 3 nitrogen and oxygen atoms in total. The first-order valence-corrected chi connectivity index (χ1v) is 6.42. The van der Waals surface area contributed by atoms with E-state index in [-0.39, 0.29) is 11.2 Å². The second-order valence-corrected chi connectivity index (χ2v) is 5.07. The first kappa shape index (κ1) is 12.6. The summed E-state index contributed by atoms with van der Waals surface area (Å²) in [4.78, 5) is 13.5. The Morgan fingerprint density at radius 2 is 2.35 bits per heavy atom. The molecule has 1 amide bonds. The summed E-state index contributed by atoms with van der Waals surface area (Å²) in [6.45, 7) is 3.06. The molecular weight excluding hydrogens is 258 g/mol. The van der Waals surface area contributed by atoms with Crippen LogP contribution in [0.25, 0.3) is 0 Å². The third-order valence-corrected chi connectivity index (χ3v) is 3.20. The van der Waals surface area contributed by atoms with E-state index in [2.05, 4.69) is 12.6 Å². The molecule has 0 spiro atoms. The minimum Gasteiger partial charge on any atom is -0.492 e. The van der Waals surface area contributed by atoms with Crippen molar-refractivity contribution in [1.82, 2.24) is 0 Å². The number of hydrogen-bond acceptors (Lipinski definition) is 3. The van der Waals surface area contributed by atoms with Gasteiger partial charge in [0, 0.05) is 29.3 Å². The minimum atomic E-state index is 0.0771. The van der Waals surface area contributed by atoms with Crippen LogP contribution in [0.15, 0.2) is 18.2 Å². The van der Waals surface area contributed by atoms with Gasteiger partial charge in [-0.05, 0) is 19.1 Å². The number of hydrogen-bond donors (Lipinski definition) is 1. The van der Waals surface area contributed by atoms with Gasteiger partial charge in [-0.1, -0.05) is 11.6 Å². The van der Waals surface area contributed by atoms with E-state index in [0.29, 0.717) is 30.3 Å². The maximum absolute atomic E-state index is 11.8. The summed E-state index contributed by atoms with van der Waals surface area (Å²) in [7, 11) is 0. The summed E-state index contributed by atoms with van der Waals surface area (Å²) < 4.78 is 5.51. The van der Waals surface area contributed by atoms with Gasteiger partial charge in [0.25, 0.3) is 0 Å². The third kappa shape index (κ3) is 2.69. The molecule has 2 rings (SSSR count). The van der Waals surface area contributed by atoms with Gasteiger partial charge in [-0.25, -0.2) is 0 Å². The molecule has 0 radical (unpaired) electrons. The monoisotopic (exact) mass is 271 g/mol. The number of amides is 1. The number of nitrogens with zero attached hydrogens (tertiary/aromatic N) is 1. The number of halogens is 1. The van der Waals surface area contributed by atoms with Crippen molar-refractivity contribution >= 4 is 35.8 Å². The van der Waals surface area contributed by atoms with Crippen molar-refractivity contribution in [1.29, 1.82) is 0 Å². The molecule has 0 N–H and O–H groups in total. The van der Waals surface area contributed by atoms with Gasteiger partial charge in [-0.3, -0.25) is 4.79 Å². The van der Waals surface area contributed by atoms with Gasteiger partial charge in [0.05, 0.1) is 12.3 Å². The second kappa shape index (κ2) is 5.19. The van der Waals surface area contributed by atoms with Gasteiger partial charge in [0.1, 0.15) is 5.75 Å². The summed E-state index contributed by atoms with van der Waals surface area (Å²) >= 11 is 10.3. The molecule has 1 aromatic carbocycles. The summed E-state index contributed by atoms with van der Waals surface area (Å²) in [6.07, 6.45) is 0.470. The van der Waals surface area contributed by atoms with Gasteiger partial charge >= 0.3 is 0 Å². The molecule has 0 aromatic heterocycles. The first-order valence-electron chi connectivity index (χ1n) is 5.52. The minimum absolute atomic E-state index is 0.0771. The van der Waals surface area contributed by atoms with Crippen molar-refractivity contribution in [2.45, 2.75) is 18.6 Å². The van der Waals surface area contributed by atoms with Crippen molar-refractivity contribution in [2.24, 2.45) is 0 Å². The standard InChI is InChI=1S/C12H14ClNO2S/c1-2-16-11-5-8(13)3-4-10(11)14-7-9(17)6-12(14)15/h3-5,9,17H,2,6-7H2,1H3. The predicted octanol–water partition coefficient (Wildman–Crippen LogP) is 2.77. The molecule has 0 bridgehead atoms. The maximum atomic E-state index is 11.8. The van der Waals surface area contributed by atoms with E-state index in [1.54, 1.807) is 17.0 Å². The number of rotatable bonds is 3. The molecule has 1 heterocycles. The van der Waals surface area contributed by atoms with Crippen LogP contribution in [0.5, 0.6) is 5.75 Å². The normalized spacial score (nSPS) is 19.8. The molecule has 1 aromatic rings. The van der Waals surface area contributed by atoms with Crippen molar-refractivity contribution in [2.75, 3.05) is 18.1 Å². The van der Waals surface area contributed by atoms with E-state index in [4.69, 9.17) is 16.3 Å². The third-order valence-electron chi connectivity index (χ3n) is 2.62. The Balaban J connectivity index is 2.34. The molecule has 1 aliphatic rings. The Morgan fingerprint density at radius 3 is 2.94 bits per heavy atom. The van der Waals surface area contributed by atoms with Crippen LogP contribution in [0.1, 0.15) is 13.3 Å². The number of benzene rings is 1. The summed E-state index contributed by atoms with van der Waals surface area (Å²) in [5, 5.41) is 0.693. The van der Waals surface area contributed by atoms with Crippen LogP contribution in [0.4, 0.5) is 5.69 Å². The zero-order valence-electron chi connectivity index (χ0n) is 9.52. The van der Waals surface area contributed by atoms with Gasteiger partial charge in [-0.15, -0.1) is 0 Å². The average Bonchev–Trinajstić information content (AvgIpc) is 2.59. The fourth-order valence-electron chi connectivity index (χ4n) is 1.90. The highest BCUT2D eigenvalue weighted by Gasteiger charge is 2.30. The predicted molar refractivity (Wildman–Crippen MR) is 72.4 cm³/mol. The van der Waals surface area contributed by atoms with Crippen molar-refractivity contribution in [3.63, 3.8) is 0 Å². The molecule has 17 heavy (non-hydrogen) atoms. The van der Waals surface area contributed by atoms with Gasteiger partial charge in [0.2, 0.25) is 5.91 Å². The second-order valence-electron chi connectivity index (χ2n) is 3.91. The fraction of sp³-hybridized carbons (Fsp3) is 0.417. The Hall–Kier alpha value is -0.870. The smallest absolute Gasteiger partial charge is 0.228 e. The lowest BCUT2D eigenvalue weighted by Gasteiger charge is -2.19. The SMILES string of the molecule is CCOc1cc(Cl)ccc1N1CC(S)CC1=O. The number of carbonyl (C=O) groups excluding carboxylic acids is 1. The molecule has 1 unspecified atom stereocenters. The average molecular weight is 272 g/mol. The molecule has 5 heteroatoms. The highest BCUT2D eigenvalue weighted by Crippen LogP contribution is 2.34. The number of carbonyl (C=O) groups is 1. The summed E-state index contributed by atoms with van der Waals surface area (Å²) in [6, 6.07) is 5.31.